The fourth-order valence-corrected chi connectivity index (χ4v) is 2.59. The molecule has 7 heteroatoms. The molecule has 18 heavy (non-hydrogen) atoms. The molecule has 1 fully saturated rings. The van der Waals surface area contributed by atoms with Crippen molar-refractivity contribution in [1.29, 1.82) is 0 Å². The lowest BCUT2D eigenvalue weighted by Gasteiger charge is -2.21. The maximum Gasteiger partial charge on any atom is 0.336 e. The molecule has 96 valence electrons. The van der Waals surface area contributed by atoms with Crippen molar-refractivity contribution in [3.8, 4) is 0 Å². The van der Waals surface area contributed by atoms with Gasteiger partial charge in [0, 0.05) is 17.8 Å². The molecular weight excluding hydrogens is 256 g/mol. The lowest BCUT2D eigenvalue weighted by Crippen LogP contribution is -2.50. The zero-order valence-corrected chi connectivity index (χ0v) is 10.3. The van der Waals surface area contributed by atoms with E-state index in [1.165, 1.54) is 17.4 Å². The fraction of sp³-hybridized carbons (Fsp3) is 0.364. The Morgan fingerprint density at radius 1 is 1.56 bits per heavy atom. The summed E-state index contributed by atoms with van der Waals surface area (Å²) >= 11 is 1.33. The van der Waals surface area contributed by atoms with Crippen LogP contribution in [0, 0.1) is 0 Å². The number of piperidine rings is 1. The van der Waals surface area contributed by atoms with Crippen LogP contribution in [-0.2, 0) is 16.1 Å². The number of nitrogens with one attached hydrogen (secondary N) is 2. The van der Waals surface area contributed by atoms with Gasteiger partial charge < -0.3 is 10.4 Å². The van der Waals surface area contributed by atoms with Gasteiger partial charge in [0.05, 0.1) is 11.6 Å². The zero-order valence-electron chi connectivity index (χ0n) is 9.43. The molecule has 0 bridgehead atoms. The predicted octanol–water partition coefficient (Wildman–Crippen LogP) is 0.341. The van der Waals surface area contributed by atoms with Gasteiger partial charge in [-0.3, -0.25) is 14.9 Å². The smallest absolute Gasteiger partial charge is 0.336 e. The van der Waals surface area contributed by atoms with E-state index in [0.717, 1.165) is 0 Å². The molecule has 1 atom stereocenters. The van der Waals surface area contributed by atoms with E-state index in [0.29, 0.717) is 24.3 Å². The molecule has 6 nitrogen and oxygen atoms in total. The number of imide groups is 1. The number of carboxylic acid groups (broad SMARTS) is 1. The first-order chi connectivity index (χ1) is 8.58. The third kappa shape index (κ3) is 2.74. The number of carbonyl (C=O) groups excluding carboxylic acids is 2. The van der Waals surface area contributed by atoms with Crippen LogP contribution < -0.4 is 10.6 Å². The van der Waals surface area contributed by atoms with E-state index in [-0.39, 0.29) is 17.4 Å². The van der Waals surface area contributed by atoms with Crippen LogP contribution in [-0.4, -0.2) is 28.9 Å². The van der Waals surface area contributed by atoms with E-state index in [1.54, 1.807) is 5.38 Å². The number of aromatic carboxylic acids is 1. The first kappa shape index (κ1) is 12.7. The van der Waals surface area contributed by atoms with Crippen molar-refractivity contribution in [2.75, 3.05) is 0 Å². The monoisotopic (exact) mass is 268 g/mol. The average molecular weight is 268 g/mol. The molecule has 0 aliphatic carbocycles. The fourth-order valence-electron chi connectivity index (χ4n) is 1.77. The number of hydrogen-bond acceptors (Lipinski definition) is 5. The van der Waals surface area contributed by atoms with Gasteiger partial charge in [-0.1, -0.05) is 0 Å². The molecule has 2 rings (SSSR count). The summed E-state index contributed by atoms with van der Waals surface area (Å²) in [5.74, 6) is -1.59. The largest absolute Gasteiger partial charge is 0.478 e. The highest BCUT2D eigenvalue weighted by atomic mass is 32.1. The second-order valence-electron chi connectivity index (χ2n) is 3.95. The summed E-state index contributed by atoms with van der Waals surface area (Å²) in [6, 6.07) is 1.10. The molecule has 2 amide bonds. The Labute approximate surface area is 107 Å². The molecule has 1 aliphatic heterocycles. The molecule has 1 unspecified atom stereocenters. The summed E-state index contributed by atoms with van der Waals surface area (Å²) in [5, 5.41) is 15.8. The minimum atomic E-state index is -0.976. The van der Waals surface area contributed by atoms with Crippen molar-refractivity contribution in [1.82, 2.24) is 10.6 Å². The number of carboxylic acids is 1. The topological polar surface area (TPSA) is 95.5 Å². The number of hydrogen-bond donors (Lipinski definition) is 3. The van der Waals surface area contributed by atoms with Crippen LogP contribution in [0.2, 0.25) is 0 Å². The standard InChI is InChI=1S/C11H12N2O4S/c14-9-2-1-7(10(15)13-9)12-5-8-6(11(16)17)3-4-18-8/h3-4,7,12H,1-2,5H2,(H,16,17)(H,13,14,15). The van der Waals surface area contributed by atoms with Gasteiger partial charge in [-0.25, -0.2) is 4.79 Å². The summed E-state index contributed by atoms with van der Waals surface area (Å²) in [6.45, 7) is 0.311. The quantitative estimate of drug-likeness (QED) is 0.684. The lowest BCUT2D eigenvalue weighted by molar-refractivity contribution is -0.134. The minimum absolute atomic E-state index is 0.250. The maximum atomic E-state index is 11.5. The van der Waals surface area contributed by atoms with Crippen molar-refractivity contribution >= 4 is 29.1 Å². The number of carbonyl (C=O) groups is 3. The summed E-state index contributed by atoms with van der Waals surface area (Å²) in [7, 11) is 0. The Balaban J connectivity index is 1.95. The highest BCUT2D eigenvalue weighted by molar-refractivity contribution is 7.10. The van der Waals surface area contributed by atoms with E-state index in [4.69, 9.17) is 5.11 Å². The van der Waals surface area contributed by atoms with Crippen LogP contribution in [0.5, 0.6) is 0 Å². The van der Waals surface area contributed by atoms with E-state index in [9.17, 15) is 14.4 Å². The lowest BCUT2D eigenvalue weighted by atomic mass is 10.1. The van der Waals surface area contributed by atoms with E-state index in [2.05, 4.69) is 10.6 Å². The van der Waals surface area contributed by atoms with Gasteiger partial charge in [0.25, 0.3) is 0 Å². The van der Waals surface area contributed by atoms with Crippen LogP contribution in [0.25, 0.3) is 0 Å². The third-order valence-electron chi connectivity index (χ3n) is 2.72. The van der Waals surface area contributed by atoms with Crippen LogP contribution in [0.4, 0.5) is 0 Å². The van der Waals surface area contributed by atoms with Crippen LogP contribution in [0.3, 0.4) is 0 Å². The van der Waals surface area contributed by atoms with Crippen molar-refractivity contribution in [2.45, 2.75) is 25.4 Å². The number of amides is 2. The Morgan fingerprint density at radius 3 is 3.00 bits per heavy atom. The van der Waals surface area contributed by atoms with Crippen LogP contribution in [0.15, 0.2) is 11.4 Å². The molecule has 0 saturated carbocycles. The number of thiophene rings is 1. The van der Waals surface area contributed by atoms with Crippen LogP contribution >= 0.6 is 11.3 Å². The molecular formula is C11H12N2O4S. The van der Waals surface area contributed by atoms with Crippen LogP contribution in [0.1, 0.15) is 28.1 Å². The zero-order chi connectivity index (χ0) is 13.1. The molecule has 1 aliphatic rings. The van der Waals surface area contributed by atoms with Gasteiger partial charge in [-0.15, -0.1) is 11.3 Å². The molecule has 0 aromatic carbocycles. The van der Waals surface area contributed by atoms with E-state index < -0.39 is 12.0 Å². The summed E-state index contributed by atoms with van der Waals surface area (Å²) < 4.78 is 0. The molecule has 0 radical (unpaired) electrons. The van der Waals surface area contributed by atoms with E-state index in [1.807, 2.05) is 0 Å². The average Bonchev–Trinajstić information content (AvgIpc) is 2.76. The minimum Gasteiger partial charge on any atom is -0.478 e. The highest BCUT2D eigenvalue weighted by Gasteiger charge is 2.26. The van der Waals surface area contributed by atoms with Gasteiger partial charge in [-0.2, -0.15) is 0 Å². The Bertz CT molecular complexity index is 497. The van der Waals surface area contributed by atoms with Gasteiger partial charge in [-0.05, 0) is 17.9 Å². The molecule has 3 N–H and O–H groups in total. The Hall–Kier alpha value is -1.73. The molecule has 0 spiro atoms. The Kier molecular flexibility index (Phi) is 3.73. The molecule has 1 aromatic rings. The van der Waals surface area contributed by atoms with Gasteiger partial charge in [0.2, 0.25) is 11.8 Å². The molecule has 1 saturated heterocycles. The van der Waals surface area contributed by atoms with E-state index >= 15 is 0 Å². The highest BCUT2D eigenvalue weighted by Crippen LogP contribution is 2.17. The van der Waals surface area contributed by atoms with Crippen molar-refractivity contribution in [3.05, 3.63) is 21.9 Å². The predicted molar refractivity (Wildman–Crippen MR) is 64.3 cm³/mol. The van der Waals surface area contributed by atoms with Gasteiger partial charge in [0.15, 0.2) is 0 Å². The normalized spacial score (nSPS) is 19.7. The molecule has 2 heterocycles. The first-order valence-corrected chi connectivity index (χ1v) is 6.32. The van der Waals surface area contributed by atoms with Gasteiger partial charge in [0.1, 0.15) is 0 Å². The van der Waals surface area contributed by atoms with Crippen molar-refractivity contribution in [3.63, 3.8) is 0 Å². The maximum absolute atomic E-state index is 11.5. The number of rotatable bonds is 4. The summed E-state index contributed by atoms with van der Waals surface area (Å²) in [4.78, 5) is 34.0. The van der Waals surface area contributed by atoms with Crippen molar-refractivity contribution < 1.29 is 19.5 Å². The third-order valence-corrected chi connectivity index (χ3v) is 3.64. The molecule has 1 aromatic heterocycles. The Morgan fingerprint density at radius 2 is 2.33 bits per heavy atom. The second-order valence-corrected chi connectivity index (χ2v) is 4.95. The first-order valence-electron chi connectivity index (χ1n) is 5.44. The van der Waals surface area contributed by atoms with Gasteiger partial charge >= 0.3 is 5.97 Å². The second kappa shape index (κ2) is 5.28. The summed E-state index contributed by atoms with van der Waals surface area (Å²) in [6.07, 6.45) is 0.748. The summed E-state index contributed by atoms with van der Waals surface area (Å²) in [5.41, 5.74) is 0.250. The van der Waals surface area contributed by atoms with Crippen molar-refractivity contribution in [2.24, 2.45) is 0 Å². The SMILES string of the molecule is O=C1CCC(NCc2sccc2C(=O)O)C(=O)N1.